The van der Waals surface area contributed by atoms with Crippen molar-refractivity contribution in [2.45, 2.75) is 38.0 Å². The molecule has 0 aliphatic carbocycles. The monoisotopic (exact) mass is 247 g/mol. The molecule has 0 saturated carbocycles. The Morgan fingerprint density at radius 2 is 1.94 bits per heavy atom. The van der Waals surface area contributed by atoms with Gasteiger partial charge >= 0.3 is 0 Å². The SMILES string of the molecule is CN1CCC(c2cccc(C(C)(C)CO)c2)CC1. The highest BCUT2D eigenvalue weighted by atomic mass is 16.3. The Labute approximate surface area is 111 Å². The Hall–Kier alpha value is -0.860. The van der Waals surface area contributed by atoms with E-state index in [-0.39, 0.29) is 12.0 Å². The van der Waals surface area contributed by atoms with Gasteiger partial charge in [0.2, 0.25) is 0 Å². The van der Waals surface area contributed by atoms with Crippen molar-refractivity contribution in [2.24, 2.45) is 0 Å². The summed E-state index contributed by atoms with van der Waals surface area (Å²) in [6.45, 7) is 6.78. The van der Waals surface area contributed by atoms with Crippen molar-refractivity contribution in [1.29, 1.82) is 0 Å². The molecule has 0 bridgehead atoms. The molecule has 2 rings (SSSR count). The molecule has 0 amide bonds. The quantitative estimate of drug-likeness (QED) is 0.888. The van der Waals surface area contributed by atoms with Crippen LogP contribution in [-0.4, -0.2) is 36.8 Å². The molecule has 1 aliphatic rings. The van der Waals surface area contributed by atoms with Crippen molar-refractivity contribution < 1.29 is 5.11 Å². The normalized spacial score (nSPS) is 19.1. The largest absolute Gasteiger partial charge is 0.395 e. The summed E-state index contributed by atoms with van der Waals surface area (Å²) in [5.74, 6) is 0.690. The van der Waals surface area contributed by atoms with Crippen LogP contribution in [0, 0.1) is 0 Å². The number of benzene rings is 1. The summed E-state index contributed by atoms with van der Waals surface area (Å²) in [6.07, 6.45) is 2.50. The van der Waals surface area contributed by atoms with Crippen molar-refractivity contribution in [3.63, 3.8) is 0 Å². The molecule has 0 radical (unpaired) electrons. The van der Waals surface area contributed by atoms with Crippen molar-refractivity contribution in [1.82, 2.24) is 4.90 Å². The van der Waals surface area contributed by atoms with Gasteiger partial charge in [-0.15, -0.1) is 0 Å². The van der Waals surface area contributed by atoms with Crippen LogP contribution in [0.25, 0.3) is 0 Å². The van der Waals surface area contributed by atoms with Gasteiger partial charge in [0.25, 0.3) is 0 Å². The van der Waals surface area contributed by atoms with Gasteiger partial charge in [-0.3, -0.25) is 0 Å². The molecule has 0 unspecified atom stereocenters. The van der Waals surface area contributed by atoms with Crippen LogP contribution < -0.4 is 0 Å². The number of nitrogens with zero attached hydrogens (tertiary/aromatic N) is 1. The van der Waals surface area contributed by atoms with Crippen LogP contribution >= 0.6 is 0 Å². The fourth-order valence-electron chi connectivity index (χ4n) is 2.65. The molecule has 0 aromatic heterocycles. The third-order valence-corrected chi connectivity index (χ3v) is 4.25. The molecule has 0 spiro atoms. The Morgan fingerprint density at radius 1 is 1.28 bits per heavy atom. The van der Waals surface area contributed by atoms with Gasteiger partial charge in [-0.1, -0.05) is 38.1 Å². The predicted molar refractivity (Wildman–Crippen MR) is 76.0 cm³/mol. The van der Waals surface area contributed by atoms with E-state index in [0.29, 0.717) is 5.92 Å². The maximum absolute atomic E-state index is 9.48. The predicted octanol–water partition coefficient (Wildman–Crippen LogP) is 2.77. The van der Waals surface area contributed by atoms with E-state index in [4.69, 9.17) is 0 Å². The smallest absolute Gasteiger partial charge is 0.0522 e. The highest BCUT2D eigenvalue weighted by Gasteiger charge is 2.22. The molecule has 1 N–H and O–H groups in total. The van der Waals surface area contributed by atoms with Crippen molar-refractivity contribution in [2.75, 3.05) is 26.7 Å². The summed E-state index contributed by atoms with van der Waals surface area (Å²) in [7, 11) is 2.20. The lowest BCUT2D eigenvalue weighted by Gasteiger charge is -2.30. The van der Waals surface area contributed by atoms with Crippen molar-refractivity contribution in [3.8, 4) is 0 Å². The molecule has 1 heterocycles. The van der Waals surface area contributed by atoms with Gasteiger partial charge in [0, 0.05) is 5.41 Å². The Bertz CT molecular complexity index is 392. The summed E-state index contributed by atoms with van der Waals surface area (Å²) in [4.78, 5) is 2.40. The van der Waals surface area contributed by atoms with Gasteiger partial charge in [0.15, 0.2) is 0 Å². The maximum atomic E-state index is 9.48. The van der Waals surface area contributed by atoms with Gasteiger partial charge in [-0.05, 0) is 50.0 Å². The second-order valence-electron chi connectivity index (χ2n) is 6.25. The first-order chi connectivity index (χ1) is 8.53. The van der Waals surface area contributed by atoms with E-state index in [0.717, 1.165) is 0 Å². The van der Waals surface area contributed by atoms with E-state index in [1.165, 1.54) is 37.1 Å². The summed E-state index contributed by atoms with van der Waals surface area (Å²) in [6, 6.07) is 8.81. The van der Waals surface area contributed by atoms with Crippen LogP contribution in [0.1, 0.15) is 43.7 Å². The second-order valence-corrected chi connectivity index (χ2v) is 6.25. The van der Waals surface area contributed by atoms with Gasteiger partial charge in [-0.2, -0.15) is 0 Å². The lowest BCUT2D eigenvalue weighted by Crippen LogP contribution is -2.29. The number of aliphatic hydroxyl groups is 1. The summed E-state index contributed by atoms with van der Waals surface area (Å²) < 4.78 is 0. The summed E-state index contributed by atoms with van der Waals surface area (Å²) in [5.41, 5.74) is 2.56. The van der Waals surface area contributed by atoms with E-state index in [1.807, 2.05) is 0 Å². The topological polar surface area (TPSA) is 23.5 Å². The molecular weight excluding hydrogens is 222 g/mol. The number of hydrogen-bond acceptors (Lipinski definition) is 2. The zero-order chi connectivity index (χ0) is 13.2. The molecule has 2 nitrogen and oxygen atoms in total. The molecule has 2 heteroatoms. The number of hydrogen-bond donors (Lipinski definition) is 1. The first-order valence-corrected chi connectivity index (χ1v) is 6.93. The minimum atomic E-state index is -0.137. The average molecular weight is 247 g/mol. The number of piperidine rings is 1. The lowest BCUT2D eigenvalue weighted by molar-refractivity contribution is 0.218. The zero-order valence-electron chi connectivity index (χ0n) is 11.8. The first-order valence-electron chi connectivity index (χ1n) is 6.93. The molecule has 1 aromatic rings. The standard InChI is InChI=1S/C16H25NO/c1-16(2,12-18)15-6-4-5-14(11-15)13-7-9-17(3)10-8-13/h4-6,11,13,18H,7-10,12H2,1-3H3. The van der Waals surface area contributed by atoms with Crippen LogP contribution in [0.15, 0.2) is 24.3 Å². The Morgan fingerprint density at radius 3 is 2.56 bits per heavy atom. The minimum absolute atomic E-state index is 0.137. The van der Waals surface area contributed by atoms with Crippen LogP contribution in [0.3, 0.4) is 0 Å². The molecule has 1 aromatic carbocycles. The third kappa shape index (κ3) is 2.93. The lowest BCUT2D eigenvalue weighted by atomic mass is 9.82. The van der Waals surface area contributed by atoms with Crippen molar-refractivity contribution >= 4 is 0 Å². The fourth-order valence-corrected chi connectivity index (χ4v) is 2.65. The highest BCUT2D eigenvalue weighted by Crippen LogP contribution is 2.31. The molecular formula is C16H25NO. The van der Waals surface area contributed by atoms with E-state index in [9.17, 15) is 5.11 Å². The first kappa shape index (κ1) is 13.6. The Kier molecular flexibility index (Phi) is 4.08. The molecule has 0 atom stereocenters. The second kappa shape index (κ2) is 5.41. The van der Waals surface area contributed by atoms with Gasteiger partial charge in [-0.25, -0.2) is 0 Å². The molecule has 1 saturated heterocycles. The van der Waals surface area contributed by atoms with Gasteiger partial charge < -0.3 is 10.0 Å². The van der Waals surface area contributed by atoms with Crippen LogP contribution in [0.5, 0.6) is 0 Å². The number of aliphatic hydroxyl groups excluding tert-OH is 1. The van der Waals surface area contributed by atoms with Crippen LogP contribution in [0.4, 0.5) is 0 Å². The van der Waals surface area contributed by atoms with Gasteiger partial charge in [0.05, 0.1) is 6.61 Å². The summed E-state index contributed by atoms with van der Waals surface area (Å²) in [5, 5.41) is 9.48. The third-order valence-electron chi connectivity index (χ3n) is 4.25. The zero-order valence-corrected chi connectivity index (χ0v) is 11.8. The molecule has 1 aliphatic heterocycles. The van der Waals surface area contributed by atoms with E-state index in [2.05, 4.69) is 50.1 Å². The maximum Gasteiger partial charge on any atom is 0.0522 e. The fraction of sp³-hybridized carbons (Fsp3) is 0.625. The highest BCUT2D eigenvalue weighted by molar-refractivity contribution is 5.31. The van der Waals surface area contributed by atoms with E-state index < -0.39 is 0 Å². The molecule has 100 valence electrons. The number of rotatable bonds is 3. The van der Waals surface area contributed by atoms with Gasteiger partial charge in [0.1, 0.15) is 0 Å². The van der Waals surface area contributed by atoms with E-state index in [1.54, 1.807) is 0 Å². The van der Waals surface area contributed by atoms with E-state index >= 15 is 0 Å². The van der Waals surface area contributed by atoms with Crippen LogP contribution in [-0.2, 0) is 5.41 Å². The summed E-state index contributed by atoms with van der Waals surface area (Å²) >= 11 is 0. The Balaban J connectivity index is 2.17. The molecule has 18 heavy (non-hydrogen) atoms. The average Bonchev–Trinajstić information content (AvgIpc) is 2.40. The van der Waals surface area contributed by atoms with Crippen molar-refractivity contribution in [3.05, 3.63) is 35.4 Å². The minimum Gasteiger partial charge on any atom is -0.395 e. The number of likely N-dealkylation sites (tertiary alicyclic amines) is 1. The van der Waals surface area contributed by atoms with Crippen LogP contribution in [0.2, 0.25) is 0 Å². The molecule has 1 fully saturated rings.